The van der Waals surface area contributed by atoms with E-state index in [1.807, 2.05) is 0 Å². The Kier molecular flexibility index (Phi) is 4.58. The van der Waals surface area contributed by atoms with E-state index in [0.717, 1.165) is 24.6 Å². The molecule has 1 fully saturated rings. The zero-order valence-corrected chi connectivity index (χ0v) is 10.5. The molecule has 14 heavy (non-hydrogen) atoms. The number of nitrogens with zero attached hydrogens (tertiary/aromatic N) is 1. The van der Waals surface area contributed by atoms with Crippen molar-refractivity contribution < 1.29 is 4.21 Å². The summed E-state index contributed by atoms with van der Waals surface area (Å²) in [7, 11) is -0.535. The lowest BCUT2D eigenvalue weighted by Gasteiger charge is -2.35. The molecule has 0 aliphatic carbocycles. The summed E-state index contributed by atoms with van der Waals surface area (Å²) in [6.45, 7) is 10.1. The summed E-state index contributed by atoms with van der Waals surface area (Å²) in [5.41, 5.74) is 0.457. The zero-order chi connectivity index (χ0) is 10.6. The molecule has 3 heteroatoms. The molecule has 0 N–H and O–H groups in total. The van der Waals surface area contributed by atoms with E-state index < -0.39 is 10.8 Å². The van der Waals surface area contributed by atoms with Gasteiger partial charge in [0.05, 0.1) is 0 Å². The fourth-order valence-electron chi connectivity index (χ4n) is 1.85. The van der Waals surface area contributed by atoms with Crippen molar-refractivity contribution in [3.05, 3.63) is 0 Å². The monoisotopic (exact) mass is 217 g/mol. The zero-order valence-electron chi connectivity index (χ0n) is 9.71. The van der Waals surface area contributed by atoms with E-state index in [-0.39, 0.29) is 0 Å². The highest BCUT2D eigenvalue weighted by Gasteiger charge is 2.25. The van der Waals surface area contributed by atoms with E-state index in [1.165, 1.54) is 19.4 Å². The summed E-state index contributed by atoms with van der Waals surface area (Å²) >= 11 is 0. The molecule has 0 radical (unpaired) electrons. The molecule has 1 aliphatic rings. The first-order valence-electron chi connectivity index (χ1n) is 5.67. The summed E-state index contributed by atoms with van der Waals surface area (Å²) in [5.74, 6) is 1.76. The lowest BCUT2D eigenvalue weighted by molar-refractivity contribution is 0.163. The molecule has 0 unspecified atom stereocenters. The molecule has 0 atom stereocenters. The van der Waals surface area contributed by atoms with Crippen molar-refractivity contribution in [3.8, 4) is 0 Å². The van der Waals surface area contributed by atoms with Crippen LogP contribution in [0.5, 0.6) is 0 Å². The molecule has 1 heterocycles. The van der Waals surface area contributed by atoms with Crippen LogP contribution in [0.4, 0.5) is 0 Å². The van der Waals surface area contributed by atoms with Gasteiger partial charge in [0.25, 0.3) is 0 Å². The van der Waals surface area contributed by atoms with Crippen molar-refractivity contribution in [3.63, 3.8) is 0 Å². The Bertz CT molecular complexity index is 191. The molecule has 1 rings (SSSR count). The second-order valence-corrected chi connectivity index (χ2v) is 6.34. The first-order chi connectivity index (χ1) is 6.59. The molecule has 0 bridgehead atoms. The van der Waals surface area contributed by atoms with E-state index in [2.05, 4.69) is 25.7 Å². The van der Waals surface area contributed by atoms with Crippen LogP contribution < -0.4 is 0 Å². The second-order valence-electron chi connectivity index (χ2n) is 4.64. The SMILES string of the molecule is CCC(C)(CC)CN1CCS(=O)CC1. The maximum absolute atomic E-state index is 11.2. The molecule has 0 amide bonds. The maximum Gasteiger partial charge on any atom is 0.0363 e. The molecule has 1 saturated heterocycles. The minimum Gasteiger partial charge on any atom is -0.301 e. The second kappa shape index (κ2) is 5.26. The average molecular weight is 217 g/mol. The van der Waals surface area contributed by atoms with Crippen LogP contribution in [0.15, 0.2) is 0 Å². The van der Waals surface area contributed by atoms with Gasteiger partial charge in [-0.25, -0.2) is 0 Å². The van der Waals surface area contributed by atoms with Crippen molar-refractivity contribution in [2.24, 2.45) is 5.41 Å². The Morgan fingerprint density at radius 1 is 1.21 bits per heavy atom. The molecule has 0 aromatic rings. The highest BCUT2D eigenvalue weighted by Crippen LogP contribution is 2.26. The first kappa shape index (κ1) is 12.2. The van der Waals surface area contributed by atoms with E-state index in [9.17, 15) is 4.21 Å². The van der Waals surface area contributed by atoms with Gasteiger partial charge in [-0.15, -0.1) is 0 Å². The maximum atomic E-state index is 11.2. The molecule has 0 saturated carbocycles. The average Bonchev–Trinajstić information content (AvgIpc) is 2.21. The summed E-state index contributed by atoms with van der Waals surface area (Å²) in [4.78, 5) is 2.48. The van der Waals surface area contributed by atoms with Crippen LogP contribution in [0.25, 0.3) is 0 Å². The molecular weight excluding hydrogens is 194 g/mol. The number of rotatable bonds is 4. The molecule has 0 aromatic heterocycles. The lowest BCUT2D eigenvalue weighted by atomic mass is 9.84. The fraction of sp³-hybridized carbons (Fsp3) is 1.00. The smallest absolute Gasteiger partial charge is 0.0363 e. The lowest BCUT2D eigenvalue weighted by Crippen LogP contribution is -2.43. The minimum absolute atomic E-state index is 0.457. The van der Waals surface area contributed by atoms with Gasteiger partial charge in [0.15, 0.2) is 0 Å². The van der Waals surface area contributed by atoms with Gasteiger partial charge < -0.3 is 4.90 Å². The molecule has 84 valence electrons. The third kappa shape index (κ3) is 3.35. The van der Waals surface area contributed by atoms with Gasteiger partial charge in [0, 0.05) is 41.9 Å². The van der Waals surface area contributed by atoms with Crippen molar-refractivity contribution in [1.29, 1.82) is 0 Å². The third-order valence-electron chi connectivity index (χ3n) is 3.58. The normalized spacial score (nSPS) is 21.4. The summed E-state index contributed by atoms with van der Waals surface area (Å²) in [6, 6.07) is 0. The minimum atomic E-state index is -0.535. The van der Waals surface area contributed by atoms with Crippen molar-refractivity contribution in [2.75, 3.05) is 31.1 Å². The van der Waals surface area contributed by atoms with Crippen LogP contribution in [0.3, 0.4) is 0 Å². The van der Waals surface area contributed by atoms with E-state index >= 15 is 0 Å². The standard InChI is InChI=1S/C11H23NOS/c1-4-11(3,5-2)10-12-6-8-14(13)9-7-12/h4-10H2,1-3H3. The molecule has 0 aromatic carbocycles. The predicted octanol–water partition coefficient (Wildman–Crippen LogP) is 1.88. The van der Waals surface area contributed by atoms with Gasteiger partial charge >= 0.3 is 0 Å². The summed E-state index contributed by atoms with van der Waals surface area (Å²) < 4.78 is 11.2. The van der Waals surface area contributed by atoms with Gasteiger partial charge in [0.2, 0.25) is 0 Å². The van der Waals surface area contributed by atoms with Crippen LogP contribution in [0.1, 0.15) is 33.6 Å². The number of hydrogen-bond donors (Lipinski definition) is 0. The van der Waals surface area contributed by atoms with Gasteiger partial charge in [-0.2, -0.15) is 0 Å². The quantitative estimate of drug-likeness (QED) is 0.716. The summed E-state index contributed by atoms with van der Waals surface area (Å²) in [6.07, 6.45) is 2.48. The van der Waals surface area contributed by atoms with Gasteiger partial charge in [0.1, 0.15) is 0 Å². The van der Waals surface area contributed by atoms with Crippen LogP contribution in [0.2, 0.25) is 0 Å². The van der Waals surface area contributed by atoms with Gasteiger partial charge in [-0.1, -0.05) is 20.8 Å². The first-order valence-corrected chi connectivity index (χ1v) is 7.16. The van der Waals surface area contributed by atoms with Crippen LogP contribution in [-0.2, 0) is 10.8 Å². The highest BCUT2D eigenvalue weighted by atomic mass is 32.2. The van der Waals surface area contributed by atoms with Gasteiger partial charge in [-0.3, -0.25) is 4.21 Å². The topological polar surface area (TPSA) is 20.3 Å². The van der Waals surface area contributed by atoms with Crippen molar-refractivity contribution in [1.82, 2.24) is 4.90 Å². The molecule has 2 nitrogen and oxygen atoms in total. The van der Waals surface area contributed by atoms with Crippen molar-refractivity contribution in [2.45, 2.75) is 33.6 Å². The predicted molar refractivity (Wildman–Crippen MR) is 63.0 cm³/mol. The Hall–Kier alpha value is 0.110. The third-order valence-corrected chi connectivity index (χ3v) is 4.86. The Balaban J connectivity index is 2.40. The highest BCUT2D eigenvalue weighted by molar-refractivity contribution is 7.85. The largest absolute Gasteiger partial charge is 0.301 e. The van der Waals surface area contributed by atoms with E-state index in [0.29, 0.717) is 5.41 Å². The van der Waals surface area contributed by atoms with Crippen LogP contribution in [-0.4, -0.2) is 40.2 Å². The number of hydrogen-bond acceptors (Lipinski definition) is 2. The van der Waals surface area contributed by atoms with Crippen molar-refractivity contribution >= 4 is 10.8 Å². The Labute approximate surface area is 90.5 Å². The fourth-order valence-corrected chi connectivity index (χ4v) is 2.98. The summed E-state index contributed by atoms with van der Waals surface area (Å²) in [5, 5.41) is 0. The molecule has 0 spiro atoms. The van der Waals surface area contributed by atoms with E-state index in [4.69, 9.17) is 0 Å². The molecular formula is C11H23NOS. The Morgan fingerprint density at radius 3 is 2.14 bits per heavy atom. The van der Waals surface area contributed by atoms with Gasteiger partial charge in [-0.05, 0) is 18.3 Å². The van der Waals surface area contributed by atoms with Crippen LogP contribution in [0, 0.1) is 5.41 Å². The molecule has 1 aliphatic heterocycles. The van der Waals surface area contributed by atoms with E-state index in [1.54, 1.807) is 0 Å². The van der Waals surface area contributed by atoms with Crippen LogP contribution >= 0.6 is 0 Å². The Morgan fingerprint density at radius 2 is 1.71 bits per heavy atom.